The fourth-order valence-corrected chi connectivity index (χ4v) is 3.95. The minimum absolute atomic E-state index is 0.0806. The molecule has 7 heteroatoms. The molecule has 1 aliphatic heterocycles. The van der Waals surface area contributed by atoms with Gasteiger partial charge in [-0.1, -0.05) is 18.2 Å². The van der Waals surface area contributed by atoms with Gasteiger partial charge in [0.25, 0.3) is 11.7 Å². The molecule has 2 aromatic carbocycles. The highest BCUT2D eigenvalue weighted by Gasteiger charge is 2.36. The number of amides is 1. The molecule has 0 spiro atoms. The first-order valence-corrected chi connectivity index (χ1v) is 9.50. The number of hydrogen-bond donors (Lipinski definition) is 0. The quantitative estimate of drug-likeness (QED) is 0.738. The van der Waals surface area contributed by atoms with E-state index in [9.17, 15) is 18.0 Å². The van der Waals surface area contributed by atoms with Crippen molar-refractivity contribution in [3.05, 3.63) is 54.1 Å². The van der Waals surface area contributed by atoms with Gasteiger partial charge in [0.15, 0.2) is 9.84 Å². The Labute approximate surface area is 145 Å². The van der Waals surface area contributed by atoms with Gasteiger partial charge in [-0.2, -0.15) is 0 Å². The lowest BCUT2D eigenvalue weighted by atomic mass is 10.1. The summed E-state index contributed by atoms with van der Waals surface area (Å²) >= 11 is 0. The van der Waals surface area contributed by atoms with Crippen molar-refractivity contribution in [1.82, 2.24) is 0 Å². The Morgan fingerprint density at radius 3 is 2.44 bits per heavy atom. The number of ether oxygens (including phenoxy) is 1. The molecule has 1 aliphatic rings. The van der Waals surface area contributed by atoms with E-state index in [4.69, 9.17) is 4.74 Å². The van der Waals surface area contributed by atoms with E-state index in [0.29, 0.717) is 18.0 Å². The average molecular weight is 359 g/mol. The summed E-state index contributed by atoms with van der Waals surface area (Å²) in [7, 11) is -3.54. The van der Waals surface area contributed by atoms with Crippen molar-refractivity contribution in [2.24, 2.45) is 0 Å². The Hall–Kier alpha value is -2.67. The number of anilines is 1. The number of carbonyl (C=O) groups excluding carboxylic acids is 2. The van der Waals surface area contributed by atoms with Gasteiger partial charge in [0, 0.05) is 6.54 Å². The van der Waals surface area contributed by atoms with Crippen LogP contribution >= 0.6 is 0 Å². The maximum absolute atomic E-state index is 12.4. The van der Waals surface area contributed by atoms with Crippen molar-refractivity contribution in [2.75, 3.05) is 23.8 Å². The lowest BCUT2D eigenvalue weighted by Crippen LogP contribution is -2.34. The number of Topliss-reactive ketones (excluding diaryl/α,β-unsaturated/α-hetero) is 1. The number of rotatable bonds is 6. The van der Waals surface area contributed by atoms with Crippen molar-refractivity contribution in [2.45, 2.75) is 11.8 Å². The summed E-state index contributed by atoms with van der Waals surface area (Å²) in [6.45, 7) is 2.18. The number of ketones is 1. The van der Waals surface area contributed by atoms with E-state index in [1.165, 1.54) is 23.1 Å². The predicted molar refractivity (Wildman–Crippen MR) is 92.8 cm³/mol. The van der Waals surface area contributed by atoms with Crippen LogP contribution in [0.25, 0.3) is 0 Å². The van der Waals surface area contributed by atoms with Gasteiger partial charge in [-0.3, -0.25) is 9.59 Å². The van der Waals surface area contributed by atoms with Crippen LogP contribution in [-0.2, 0) is 14.6 Å². The van der Waals surface area contributed by atoms with Crippen molar-refractivity contribution in [3.63, 3.8) is 0 Å². The van der Waals surface area contributed by atoms with Gasteiger partial charge in [-0.15, -0.1) is 0 Å². The standard InChI is InChI=1S/C18H17NO5S/c1-2-24-13-8-9-16-15(12-13)17(20)18(21)19(16)10-11-25(22,23)14-6-4-3-5-7-14/h3-9,12H,2,10-11H2,1H3. The summed E-state index contributed by atoms with van der Waals surface area (Å²) in [6.07, 6.45) is 0. The number of fused-ring (bicyclic) bond motifs is 1. The second-order valence-corrected chi connectivity index (χ2v) is 7.64. The number of sulfone groups is 1. The molecule has 1 heterocycles. The Balaban J connectivity index is 1.83. The third-order valence-corrected chi connectivity index (χ3v) is 5.65. The summed E-state index contributed by atoms with van der Waals surface area (Å²) in [5, 5.41) is 0. The van der Waals surface area contributed by atoms with Crippen LogP contribution in [0.1, 0.15) is 17.3 Å². The van der Waals surface area contributed by atoms with Crippen molar-refractivity contribution < 1.29 is 22.7 Å². The molecule has 0 aromatic heterocycles. The van der Waals surface area contributed by atoms with Gasteiger partial charge in [0.05, 0.1) is 28.5 Å². The minimum Gasteiger partial charge on any atom is -0.494 e. The Bertz CT molecular complexity index is 922. The molecule has 0 fully saturated rings. The van der Waals surface area contributed by atoms with Gasteiger partial charge >= 0.3 is 0 Å². The van der Waals surface area contributed by atoms with Crippen LogP contribution in [0.4, 0.5) is 5.69 Å². The highest BCUT2D eigenvalue weighted by molar-refractivity contribution is 7.91. The first-order valence-electron chi connectivity index (χ1n) is 7.85. The molecule has 0 saturated heterocycles. The first kappa shape index (κ1) is 17.2. The largest absolute Gasteiger partial charge is 0.494 e. The van der Waals surface area contributed by atoms with Gasteiger partial charge in [0.1, 0.15) is 5.75 Å². The van der Waals surface area contributed by atoms with Crippen LogP contribution in [0.5, 0.6) is 5.75 Å². The van der Waals surface area contributed by atoms with Crippen molar-refractivity contribution in [3.8, 4) is 5.75 Å². The summed E-state index contributed by atoms with van der Waals surface area (Å²) in [5.74, 6) is -1.12. The van der Waals surface area contributed by atoms with E-state index in [1.807, 2.05) is 6.92 Å². The van der Waals surface area contributed by atoms with E-state index in [2.05, 4.69) is 0 Å². The van der Waals surface area contributed by atoms with E-state index < -0.39 is 21.5 Å². The molecule has 0 aliphatic carbocycles. The van der Waals surface area contributed by atoms with E-state index in [0.717, 1.165) is 0 Å². The molecule has 6 nitrogen and oxygen atoms in total. The fraction of sp³-hybridized carbons (Fsp3) is 0.222. The van der Waals surface area contributed by atoms with E-state index in [-0.39, 0.29) is 22.8 Å². The number of hydrogen-bond acceptors (Lipinski definition) is 5. The second kappa shape index (κ2) is 6.68. The highest BCUT2D eigenvalue weighted by Crippen LogP contribution is 2.32. The molecular formula is C18H17NO5S. The third-order valence-electron chi connectivity index (χ3n) is 3.94. The number of benzene rings is 2. The lowest BCUT2D eigenvalue weighted by molar-refractivity contribution is -0.114. The number of carbonyl (C=O) groups is 2. The molecule has 1 amide bonds. The van der Waals surface area contributed by atoms with Crippen LogP contribution < -0.4 is 9.64 Å². The van der Waals surface area contributed by atoms with Crippen LogP contribution in [0, 0.1) is 0 Å². The molecule has 0 saturated carbocycles. The average Bonchev–Trinajstić information content (AvgIpc) is 2.85. The molecule has 2 aromatic rings. The van der Waals surface area contributed by atoms with Crippen LogP contribution in [0.15, 0.2) is 53.4 Å². The zero-order valence-electron chi connectivity index (χ0n) is 13.6. The molecule has 0 bridgehead atoms. The predicted octanol–water partition coefficient (Wildman–Crippen LogP) is 2.09. The Morgan fingerprint density at radius 1 is 1.04 bits per heavy atom. The monoisotopic (exact) mass is 359 g/mol. The molecule has 3 rings (SSSR count). The molecular weight excluding hydrogens is 342 g/mol. The van der Waals surface area contributed by atoms with Crippen molar-refractivity contribution in [1.29, 1.82) is 0 Å². The van der Waals surface area contributed by atoms with Crippen LogP contribution in [-0.4, -0.2) is 39.0 Å². The number of nitrogens with zero attached hydrogens (tertiary/aromatic N) is 1. The topological polar surface area (TPSA) is 80.8 Å². The SMILES string of the molecule is CCOc1ccc2c(c1)C(=O)C(=O)N2CCS(=O)(=O)c1ccccc1. The summed E-state index contributed by atoms with van der Waals surface area (Å²) in [6, 6.07) is 12.8. The lowest BCUT2D eigenvalue weighted by Gasteiger charge is -2.16. The van der Waals surface area contributed by atoms with E-state index in [1.54, 1.807) is 30.3 Å². The maximum atomic E-state index is 12.4. The van der Waals surface area contributed by atoms with Gasteiger partial charge in [0.2, 0.25) is 0 Å². The molecule has 0 atom stereocenters. The molecule has 0 N–H and O–H groups in total. The molecule has 25 heavy (non-hydrogen) atoms. The first-order chi connectivity index (χ1) is 11.9. The van der Waals surface area contributed by atoms with Crippen LogP contribution in [0.2, 0.25) is 0 Å². The minimum atomic E-state index is -3.54. The van der Waals surface area contributed by atoms with E-state index >= 15 is 0 Å². The summed E-state index contributed by atoms with van der Waals surface area (Å²) in [5.41, 5.74) is 0.662. The zero-order chi connectivity index (χ0) is 18.0. The van der Waals surface area contributed by atoms with Gasteiger partial charge in [-0.05, 0) is 37.3 Å². The fourth-order valence-electron chi connectivity index (χ4n) is 2.72. The summed E-state index contributed by atoms with van der Waals surface area (Å²) < 4.78 is 30.1. The highest BCUT2D eigenvalue weighted by atomic mass is 32.2. The van der Waals surface area contributed by atoms with Gasteiger partial charge < -0.3 is 9.64 Å². The van der Waals surface area contributed by atoms with Crippen LogP contribution in [0.3, 0.4) is 0 Å². The van der Waals surface area contributed by atoms with Crippen molar-refractivity contribution >= 4 is 27.2 Å². The Morgan fingerprint density at radius 2 is 1.76 bits per heavy atom. The summed E-state index contributed by atoms with van der Waals surface area (Å²) in [4.78, 5) is 25.8. The molecule has 0 unspecified atom stereocenters. The Kier molecular flexibility index (Phi) is 4.59. The zero-order valence-corrected chi connectivity index (χ0v) is 14.5. The smallest absolute Gasteiger partial charge is 0.299 e. The molecule has 0 radical (unpaired) electrons. The van der Waals surface area contributed by atoms with Gasteiger partial charge in [-0.25, -0.2) is 8.42 Å². The normalized spacial score (nSPS) is 13.9. The molecule has 130 valence electrons. The maximum Gasteiger partial charge on any atom is 0.299 e. The second-order valence-electron chi connectivity index (χ2n) is 5.53. The third kappa shape index (κ3) is 3.28.